The lowest BCUT2D eigenvalue weighted by molar-refractivity contribution is 0.0909. The molecule has 0 atom stereocenters. The van der Waals surface area contributed by atoms with Crippen LogP contribution in [-0.4, -0.2) is 15.6 Å². The number of rotatable bonds is 14. The van der Waals surface area contributed by atoms with Crippen LogP contribution in [0.1, 0.15) is 63.1 Å². The van der Waals surface area contributed by atoms with E-state index in [1.54, 1.807) is 29.0 Å². The summed E-state index contributed by atoms with van der Waals surface area (Å²) in [6, 6.07) is 6.91. The van der Waals surface area contributed by atoms with Crippen LogP contribution in [-0.2, 0) is 0 Å². The van der Waals surface area contributed by atoms with Gasteiger partial charge in [-0.1, -0.05) is 79.8 Å². The zero-order chi connectivity index (χ0) is 23.6. The van der Waals surface area contributed by atoms with Crippen LogP contribution in [0.25, 0.3) is 10.9 Å². The molecule has 1 heterocycles. The summed E-state index contributed by atoms with van der Waals surface area (Å²) >= 11 is 0. The van der Waals surface area contributed by atoms with Gasteiger partial charge in [-0.25, -0.2) is 0 Å². The molecule has 0 fully saturated rings. The number of aromatic nitrogens is 1. The Kier molecular flexibility index (Phi) is 12.8. The third-order valence-corrected chi connectivity index (χ3v) is 5.06. The summed E-state index contributed by atoms with van der Waals surface area (Å²) < 4.78 is 1.66. The maximum atomic E-state index is 12.4. The Labute approximate surface area is 198 Å². The van der Waals surface area contributed by atoms with Crippen molar-refractivity contribution in [2.75, 3.05) is 0 Å². The van der Waals surface area contributed by atoms with Crippen LogP contribution in [0.3, 0.4) is 0 Å². The summed E-state index contributed by atoms with van der Waals surface area (Å²) in [6.45, 7) is 2.15. The smallest absolute Gasteiger partial charge is 0.231 e. The second-order valence-corrected chi connectivity index (χ2v) is 7.78. The molecular formula is C30H37NO2. The minimum absolute atomic E-state index is 0.0650. The number of carbonyl (C=O) groups is 1. The number of nitrogens with zero attached hydrogens (tertiary/aromatic N) is 1. The number of aromatic hydroxyl groups is 1. The van der Waals surface area contributed by atoms with E-state index < -0.39 is 0 Å². The molecule has 0 aliphatic carbocycles. The van der Waals surface area contributed by atoms with Crippen molar-refractivity contribution in [3.8, 4) is 5.75 Å². The first-order valence-electron chi connectivity index (χ1n) is 12.0. The second-order valence-electron chi connectivity index (χ2n) is 7.78. The molecule has 0 radical (unpaired) electrons. The number of benzene rings is 1. The van der Waals surface area contributed by atoms with E-state index in [0.29, 0.717) is 6.42 Å². The highest BCUT2D eigenvalue weighted by molar-refractivity contribution is 5.93. The average Bonchev–Trinajstić information content (AvgIpc) is 3.23. The van der Waals surface area contributed by atoms with E-state index in [2.05, 4.69) is 79.8 Å². The normalized spacial score (nSPS) is 12.9. The van der Waals surface area contributed by atoms with Gasteiger partial charge in [-0.05, 0) is 69.2 Å². The van der Waals surface area contributed by atoms with Crippen LogP contribution < -0.4 is 0 Å². The second kappa shape index (κ2) is 16.3. The molecule has 1 N–H and O–H groups in total. The predicted molar refractivity (Wildman–Crippen MR) is 142 cm³/mol. The van der Waals surface area contributed by atoms with Crippen molar-refractivity contribution >= 4 is 16.8 Å². The molecule has 2 aromatic rings. The van der Waals surface area contributed by atoms with Crippen molar-refractivity contribution in [2.45, 2.75) is 58.3 Å². The van der Waals surface area contributed by atoms with Crippen LogP contribution in [0.4, 0.5) is 0 Å². The number of carbonyl (C=O) groups excluding carboxylic acids is 1. The molecule has 0 saturated heterocycles. The molecule has 0 amide bonds. The first-order valence-corrected chi connectivity index (χ1v) is 12.0. The largest absolute Gasteiger partial charge is 0.508 e. The summed E-state index contributed by atoms with van der Waals surface area (Å²) in [5.74, 6) is 0.279. The molecule has 0 unspecified atom stereocenters. The number of hydrogen-bond acceptors (Lipinski definition) is 2. The summed E-state index contributed by atoms with van der Waals surface area (Å²) in [5.41, 5.74) is 0.834. The Morgan fingerprint density at radius 2 is 1.27 bits per heavy atom. The molecule has 174 valence electrons. The Balaban J connectivity index is 1.53. The highest BCUT2D eigenvalue weighted by Crippen LogP contribution is 2.21. The van der Waals surface area contributed by atoms with Gasteiger partial charge < -0.3 is 5.11 Å². The van der Waals surface area contributed by atoms with Crippen molar-refractivity contribution in [3.63, 3.8) is 0 Å². The molecule has 2 rings (SSSR count). The van der Waals surface area contributed by atoms with Crippen LogP contribution in [0.2, 0.25) is 0 Å². The quantitative estimate of drug-likeness (QED) is 0.298. The van der Waals surface area contributed by atoms with E-state index in [9.17, 15) is 9.90 Å². The zero-order valence-electron chi connectivity index (χ0n) is 19.8. The molecule has 0 saturated carbocycles. The van der Waals surface area contributed by atoms with Gasteiger partial charge in [0.05, 0.1) is 5.52 Å². The van der Waals surface area contributed by atoms with Crippen molar-refractivity contribution < 1.29 is 9.90 Å². The van der Waals surface area contributed by atoms with E-state index in [0.717, 1.165) is 55.8 Å². The molecule has 0 bridgehead atoms. The Morgan fingerprint density at radius 1 is 0.758 bits per heavy atom. The van der Waals surface area contributed by atoms with E-state index in [4.69, 9.17) is 0 Å². The van der Waals surface area contributed by atoms with Crippen molar-refractivity contribution in [1.82, 2.24) is 4.57 Å². The third kappa shape index (κ3) is 10.7. The number of fused-ring (bicyclic) bond motifs is 1. The first kappa shape index (κ1) is 25.9. The van der Waals surface area contributed by atoms with Gasteiger partial charge in [0.2, 0.25) is 5.91 Å². The molecule has 3 nitrogen and oxygen atoms in total. The van der Waals surface area contributed by atoms with E-state index >= 15 is 0 Å². The lowest BCUT2D eigenvalue weighted by atomic mass is 10.2. The van der Waals surface area contributed by atoms with Gasteiger partial charge in [-0.3, -0.25) is 9.36 Å². The number of hydrogen-bond donors (Lipinski definition) is 1. The summed E-state index contributed by atoms with van der Waals surface area (Å²) in [7, 11) is 0. The van der Waals surface area contributed by atoms with Gasteiger partial charge in [0.15, 0.2) is 0 Å². The maximum Gasteiger partial charge on any atom is 0.231 e. The van der Waals surface area contributed by atoms with Crippen LogP contribution in [0.5, 0.6) is 5.75 Å². The summed E-state index contributed by atoms with van der Waals surface area (Å²) in [4.78, 5) is 12.4. The van der Waals surface area contributed by atoms with Crippen LogP contribution in [0, 0.1) is 0 Å². The van der Waals surface area contributed by atoms with Crippen LogP contribution in [0.15, 0.2) is 103 Å². The fourth-order valence-corrected chi connectivity index (χ4v) is 3.31. The van der Waals surface area contributed by atoms with Crippen molar-refractivity contribution in [3.05, 3.63) is 103 Å². The Morgan fingerprint density at radius 3 is 1.82 bits per heavy atom. The van der Waals surface area contributed by atoms with Gasteiger partial charge in [-0.2, -0.15) is 0 Å². The SMILES string of the molecule is CC/C=C/C/C=C/C/C=C/C/C=C/C/C=C/C/C=C/CCC(=O)n1ccc2cc(O)ccc21. The molecule has 1 aromatic heterocycles. The van der Waals surface area contributed by atoms with Gasteiger partial charge in [0, 0.05) is 18.0 Å². The monoisotopic (exact) mass is 443 g/mol. The van der Waals surface area contributed by atoms with Gasteiger partial charge in [0.1, 0.15) is 5.75 Å². The molecule has 0 aliphatic rings. The van der Waals surface area contributed by atoms with Crippen molar-refractivity contribution in [1.29, 1.82) is 0 Å². The van der Waals surface area contributed by atoms with Gasteiger partial charge >= 0.3 is 0 Å². The Hall–Kier alpha value is -3.33. The van der Waals surface area contributed by atoms with Crippen LogP contribution >= 0.6 is 0 Å². The van der Waals surface area contributed by atoms with E-state index in [1.807, 2.05) is 6.07 Å². The summed E-state index contributed by atoms with van der Waals surface area (Å²) in [6.07, 6.45) is 35.0. The zero-order valence-corrected chi connectivity index (χ0v) is 19.8. The van der Waals surface area contributed by atoms with Gasteiger partial charge in [-0.15, -0.1) is 0 Å². The fourth-order valence-electron chi connectivity index (χ4n) is 3.31. The maximum absolute atomic E-state index is 12.4. The molecule has 33 heavy (non-hydrogen) atoms. The Bertz CT molecular complexity index is 1020. The topological polar surface area (TPSA) is 42.2 Å². The minimum atomic E-state index is 0.0650. The third-order valence-electron chi connectivity index (χ3n) is 5.06. The van der Waals surface area contributed by atoms with Crippen molar-refractivity contribution in [2.24, 2.45) is 0 Å². The average molecular weight is 444 g/mol. The van der Waals surface area contributed by atoms with E-state index in [1.165, 1.54) is 0 Å². The van der Waals surface area contributed by atoms with E-state index in [-0.39, 0.29) is 11.7 Å². The first-order chi connectivity index (χ1) is 16.2. The number of phenolic OH excluding ortho intramolecular Hbond substituents is 1. The summed E-state index contributed by atoms with van der Waals surface area (Å²) in [5, 5.41) is 10.4. The number of allylic oxidation sites excluding steroid dienone is 12. The highest BCUT2D eigenvalue weighted by atomic mass is 16.3. The molecule has 0 spiro atoms. The lowest BCUT2D eigenvalue weighted by Crippen LogP contribution is -2.08. The molecular weight excluding hydrogens is 406 g/mol. The predicted octanol–water partition coefficient (Wildman–Crippen LogP) is 8.47. The highest BCUT2D eigenvalue weighted by Gasteiger charge is 2.08. The molecule has 3 heteroatoms. The minimum Gasteiger partial charge on any atom is -0.508 e. The van der Waals surface area contributed by atoms with Gasteiger partial charge in [0.25, 0.3) is 0 Å². The molecule has 0 aliphatic heterocycles. The number of phenols is 1. The standard InChI is InChI=1S/C30H37NO2/c1-2-3-4-5-6-7-8-9-10-11-12-13-14-15-16-17-18-19-20-21-30(33)31-25-24-27-26-28(32)22-23-29(27)31/h3-4,6-7,9-10,12-13,15-16,18-19,22-26,32H,2,5,8,11,14,17,20-21H2,1H3/b4-3+,7-6+,10-9+,13-12+,16-15+,19-18+. The fraction of sp³-hybridized carbons (Fsp3) is 0.300. The molecule has 1 aromatic carbocycles. The lowest BCUT2D eigenvalue weighted by Gasteiger charge is -2.03.